The number of benzene rings is 2. The van der Waals surface area contributed by atoms with Crippen LogP contribution in [0.3, 0.4) is 0 Å². The van der Waals surface area contributed by atoms with Crippen LogP contribution in [-0.4, -0.2) is 41.2 Å². The number of amides is 3. The summed E-state index contributed by atoms with van der Waals surface area (Å²) in [4.78, 5) is 37.1. The summed E-state index contributed by atoms with van der Waals surface area (Å²) in [6.45, 7) is 7.91. The summed E-state index contributed by atoms with van der Waals surface area (Å²) >= 11 is 1.05. The average molecular weight is 487 g/mol. The Labute approximate surface area is 205 Å². The Hall–Kier alpha value is -3.20. The minimum Gasteiger partial charge on any atom is -0.444 e. The third-order valence-electron chi connectivity index (χ3n) is 4.63. The zero-order valence-electron chi connectivity index (χ0n) is 20.1. The van der Waals surface area contributed by atoms with Gasteiger partial charge >= 0.3 is 6.09 Å². The first kappa shape index (κ1) is 27.0. The third-order valence-corrected chi connectivity index (χ3v) is 5.40. The van der Waals surface area contributed by atoms with Crippen molar-refractivity contribution < 1.29 is 19.1 Å². The van der Waals surface area contributed by atoms with Crippen molar-refractivity contribution in [1.29, 1.82) is 0 Å². The lowest BCUT2D eigenvalue weighted by molar-refractivity contribution is -0.123. The fraction of sp³-hybridized carbons (Fsp3) is 0.400. The molecule has 9 heteroatoms. The molecule has 0 unspecified atom stereocenters. The van der Waals surface area contributed by atoms with Crippen molar-refractivity contribution in [2.75, 3.05) is 17.6 Å². The van der Waals surface area contributed by atoms with E-state index in [2.05, 4.69) is 34.5 Å². The Balaban J connectivity index is 1.83. The fourth-order valence-electron chi connectivity index (χ4n) is 3.08. The molecule has 0 bridgehead atoms. The zero-order valence-corrected chi connectivity index (χ0v) is 21.0. The van der Waals surface area contributed by atoms with Gasteiger partial charge in [-0.2, -0.15) is 0 Å². The minimum absolute atomic E-state index is 0.246. The lowest BCUT2D eigenvalue weighted by atomic mass is 10.1. The van der Waals surface area contributed by atoms with Crippen LogP contribution in [0.25, 0.3) is 0 Å². The van der Waals surface area contributed by atoms with E-state index in [0.717, 1.165) is 29.4 Å². The molecular formula is C25H34N4O4S. The van der Waals surface area contributed by atoms with Crippen molar-refractivity contribution in [1.82, 2.24) is 16.2 Å². The molecule has 0 aromatic heterocycles. The summed E-state index contributed by atoms with van der Waals surface area (Å²) in [5.41, 5.74) is 7.22. The van der Waals surface area contributed by atoms with E-state index in [4.69, 9.17) is 4.74 Å². The van der Waals surface area contributed by atoms with E-state index in [1.807, 2.05) is 48.5 Å². The number of aryl methyl sites for hydroxylation is 1. The maximum absolute atomic E-state index is 12.7. The topological polar surface area (TPSA) is 109 Å². The number of alkyl carbamates (subject to hydrolysis) is 1. The molecule has 2 aromatic carbocycles. The zero-order chi connectivity index (χ0) is 25.0. The Morgan fingerprint density at radius 1 is 0.971 bits per heavy atom. The van der Waals surface area contributed by atoms with Gasteiger partial charge in [-0.3, -0.25) is 20.4 Å². The summed E-state index contributed by atoms with van der Waals surface area (Å²) in [7, 11) is 0. The molecule has 0 aliphatic heterocycles. The summed E-state index contributed by atoms with van der Waals surface area (Å²) in [6.07, 6.45) is 0.461. The largest absolute Gasteiger partial charge is 0.444 e. The van der Waals surface area contributed by atoms with Crippen LogP contribution in [0.15, 0.2) is 54.6 Å². The second kappa shape index (κ2) is 13.5. The molecule has 0 heterocycles. The Kier molecular flexibility index (Phi) is 10.7. The van der Waals surface area contributed by atoms with E-state index >= 15 is 0 Å². The Bertz CT molecular complexity index is 947. The fourth-order valence-corrected chi connectivity index (χ4v) is 3.59. The molecule has 4 N–H and O–H groups in total. The monoisotopic (exact) mass is 486 g/mol. The highest BCUT2D eigenvalue weighted by Gasteiger charge is 2.25. The van der Waals surface area contributed by atoms with Crippen molar-refractivity contribution in [2.45, 2.75) is 52.2 Å². The molecule has 34 heavy (non-hydrogen) atoms. The highest BCUT2D eigenvalue weighted by atomic mass is 32.2. The number of carbonyl (C=O) groups is 3. The smallest absolute Gasteiger partial charge is 0.408 e. The number of para-hydroxylation sites is 1. The van der Waals surface area contributed by atoms with Crippen LogP contribution in [0.2, 0.25) is 0 Å². The second-order valence-electron chi connectivity index (χ2n) is 8.58. The minimum atomic E-state index is -0.922. The molecule has 184 valence electrons. The maximum Gasteiger partial charge on any atom is 0.408 e. The van der Waals surface area contributed by atoms with Crippen molar-refractivity contribution in [3.63, 3.8) is 0 Å². The number of hydrogen-bond donors (Lipinski definition) is 4. The maximum atomic E-state index is 12.7. The molecule has 0 saturated carbocycles. The van der Waals surface area contributed by atoms with Crippen LogP contribution >= 0.6 is 11.8 Å². The quantitative estimate of drug-likeness (QED) is 0.311. The van der Waals surface area contributed by atoms with Crippen LogP contribution in [0.1, 0.15) is 38.8 Å². The van der Waals surface area contributed by atoms with Gasteiger partial charge in [0.15, 0.2) is 0 Å². The van der Waals surface area contributed by atoms with Gasteiger partial charge in [-0.05, 0) is 44.4 Å². The molecule has 3 amide bonds. The van der Waals surface area contributed by atoms with Crippen molar-refractivity contribution in [2.24, 2.45) is 0 Å². The van der Waals surface area contributed by atoms with E-state index < -0.39 is 28.9 Å². The van der Waals surface area contributed by atoms with Crippen LogP contribution in [0, 0.1) is 0 Å². The highest BCUT2D eigenvalue weighted by Crippen LogP contribution is 2.15. The van der Waals surface area contributed by atoms with Crippen LogP contribution < -0.4 is 21.5 Å². The number of ether oxygens (including phenoxy) is 1. The molecule has 0 fully saturated rings. The Morgan fingerprint density at radius 2 is 1.65 bits per heavy atom. The first-order valence-corrected chi connectivity index (χ1v) is 12.2. The summed E-state index contributed by atoms with van der Waals surface area (Å²) < 4.78 is 5.27. The molecule has 0 aliphatic rings. The molecule has 0 radical (unpaired) electrons. The predicted molar refractivity (Wildman–Crippen MR) is 137 cm³/mol. The molecule has 0 aliphatic carbocycles. The summed E-state index contributed by atoms with van der Waals surface area (Å²) in [5, 5.41) is 5.51. The van der Waals surface area contributed by atoms with Gasteiger partial charge in [0.2, 0.25) is 0 Å². The summed E-state index contributed by atoms with van der Waals surface area (Å²) in [6, 6.07) is 16.4. The van der Waals surface area contributed by atoms with Gasteiger partial charge in [0.25, 0.3) is 11.1 Å². The lowest BCUT2D eigenvalue weighted by Gasteiger charge is -2.23. The first-order chi connectivity index (χ1) is 16.2. The van der Waals surface area contributed by atoms with E-state index in [-0.39, 0.29) is 6.42 Å². The van der Waals surface area contributed by atoms with Gasteiger partial charge in [-0.15, -0.1) is 0 Å². The van der Waals surface area contributed by atoms with Crippen molar-refractivity contribution in [3.8, 4) is 0 Å². The van der Waals surface area contributed by atoms with Gasteiger partial charge in [-0.25, -0.2) is 4.79 Å². The van der Waals surface area contributed by atoms with Crippen LogP contribution in [-0.2, 0) is 22.4 Å². The molecule has 0 spiro atoms. The predicted octanol–water partition coefficient (Wildman–Crippen LogP) is 4.27. The van der Waals surface area contributed by atoms with Crippen LogP contribution in [0.4, 0.5) is 15.3 Å². The lowest BCUT2D eigenvalue weighted by Crippen LogP contribution is -2.53. The third kappa shape index (κ3) is 10.2. The van der Waals surface area contributed by atoms with Crippen molar-refractivity contribution >= 4 is 34.7 Å². The molecule has 8 nitrogen and oxygen atoms in total. The number of hydrogen-bond acceptors (Lipinski definition) is 6. The SMILES string of the molecule is CCc1ccccc1NCCSC(=O)NNC(=O)[C@@H](Cc1ccccc1)NC(=O)OC(C)(C)C. The van der Waals surface area contributed by atoms with E-state index in [9.17, 15) is 14.4 Å². The van der Waals surface area contributed by atoms with Crippen molar-refractivity contribution in [3.05, 3.63) is 65.7 Å². The molecule has 2 aromatic rings. The number of hydrazine groups is 1. The van der Waals surface area contributed by atoms with Gasteiger partial charge in [0.05, 0.1) is 0 Å². The number of carbonyl (C=O) groups excluding carboxylic acids is 3. The van der Waals surface area contributed by atoms with Crippen LogP contribution in [0.5, 0.6) is 0 Å². The first-order valence-electron chi connectivity index (χ1n) is 11.3. The number of anilines is 1. The van der Waals surface area contributed by atoms with Gasteiger partial charge < -0.3 is 15.4 Å². The standard InChI is InChI=1S/C25H34N4O4S/c1-5-19-13-9-10-14-20(19)26-15-16-34-24(32)29-28-22(30)21(17-18-11-7-6-8-12-18)27-23(31)33-25(2,3)4/h6-14,21,26H,5,15-17H2,1-4H3,(H,27,31)(H,28,30)(H,29,32)/t21-/m1/s1. The molecule has 2 rings (SSSR count). The Morgan fingerprint density at radius 3 is 2.32 bits per heavy atom. The van der Waals surface area contributed by atoms with E-state index in [1.54, 1.807) is 20.8 Å². The number of rotatable bonds is 9. The summed E-state index contributed by atoms with van der Waals surface area (Å²) in [5.74, 6) is -0.0257. The van der Waals surface area contributed by atoms with Gasteiger partial charge in [0, 0.05) is 24.4 Å². The molecule has 1 atom stereocenters. The number of nitrogens with one attached hydrogen (secondary N) is 4. The molecule has 0 saturated heterocycles. The average Bonchev–Trinajstić information content (AvgIpc) is 2.79. The number of thioether (sulfide) groups is 1. The van der Waals surface area contributed by atoms with E-state index in [0.29, 0.717) is 12.3 Å². The van der Waals surface area contributed by atoms with Gasteiger partial charge in [-0.1, -0.05) is 67.2 Å². The highest BCUT2D eigenvalue weighted by molar-refractivity contribution is 8.13. The normalized spacial score (nSPS) is 11.8. The molecular weight excluding hydrogens is 452 g/mol. The van der Waals surface area contributed by atoms with E-state index in [1.165, 1.54) is 5.56 Å². The second-order valence-corrected chi connectivity index (χ2v) is 9.64. The van der Waals surface area contributed by atoms with Gasteiger partial charge in [0.1, 0.15) is 11.6 Å².